The molecule has 0 amide bonds. The molecule has 0 aliphatic rings. The molecule has 2 rings (SSSR count). The molecule has 1 N–H and O–H groups in total. The molecule has 0 saturated carbocycles. The van der Waals surface area contributed by atoms with Crippen LogP contribution in [0, 0.1) is 0 Å². The minimum atomic E-state index is -0.351. The first kappa shape index (κ1) is 14.7. The Morgan fingerprint density at radius 2 is 2.00 bits per heavy atom. The van der Waals surface area contributed by atoms with Gasteiger partial charge in [-0.2, -0.15) is 0 Å². The third-order valence-corrected chi connectivity index (χ3v) is 3.31. The van der Waals surface area contributed by atoms with Gasteiger partial charge in [0.2, 0.25) is 0 Å². The lowest BCUT2D eigenvalue weighted by Crippen LogP contribution is -2.04. The smallest absolute Gasteiger partial charge is 0.337 e. The van der Waals surface area contributed by atoms with Gasteiger partial charge < -0.3 is 10.1 Å². The summed E-state index contributed by atoms with van der Waals surface area (Å²) in [4.78, 5) is 11.5. The van der Waals surface area contributed by atoms with Crippen molar-refractivity contribution in [2.24, 2.45) is 0 Å². The molecule has 0 spiro atoms. The zero-order valence-electron chi connectivity index (χ0n) is 10.8. The quantitative estimate of drug-likeness (QED) is 0.851. The van der Waals surface area contributed by atoms with Crippen LogP contribution in [0.4, 0.5) is 5.69 Å². The first-order valence-electron chi connectivity index (χ1n) is 5.96. The molecule has 0 atom stereocenters. The fraction of sp³-hybridized carbons (Fsp3) is 0.133. The topological polar surface area (TPSA) is 38.3 Å². The molecule has 2 aromatic carbocycles. The summed E-state index contributed by atoms with van der Waals surface area (Å²) >= 11 is 11.9. The van der Waals surface area contributed by atoms with Crippen molar-refractivity contribution in [1.29, 1.82) is 0 Å². The van der Waals surface area contributed by atoms with Gasteiger partial charge in [0.05, 0.1) is 23.4 Å². The van der Waals surface area contributed by atoms with Gasteiger partial charge in [-0.15, -0.1) is 0 Å². The summed E-state index contributed by atoms with van der Waals surface area (Å²) in [5.74, 6) is -0.351. The highest BCUT2D eigenvalue weighted by molar-refractivity contribution is 6.36. The van der Waals surface area contributed by atoms with Gasteiger partial charge in [0.25, 0.3) is 0 Å². The Morgan fingerprint density at radius 1 is 1.20 bits per heavy atom. The molecule has 0 saturated heterocycles. The van der Waals surface area contributed by atoms with Crippen LogP contribution < -0.4 is 5.32 Å². The lowest BCUT2D eigenvalue weighted by atomic mass is 10.1. The molecule has 0 aliphatic carbocycles. The van der Waals surface area contributed by atoms with Crippen molar-refractivity contribution in [1.82, 2.24) is 0 Å². The predicted molar refractivity (Wildman–Crippen MR) is 81.6 cm³/mol. The first-order chi connectivity index (χ1) is 9.60. The molecular formula is C15H13Cl2NO2. The highest BCUT2D eigenvalue weighted by Gasteiger charge is 2.06. The molecular weight excluding hydrogens is 297 g/mol. The molecule has 104 valence electrons. The van der Waals surface area contributed by atoms with Gasteiger partial charge in [-0.1, -0.05) is 35.3 Å². The van der Waals surface area contributed by atoms with Crippen LogP contribution in [-0.4, -0.2) is 13.1 Å². The number of methoxy groups -OCH3 is 1. The Bertz CT molecular complexity index is 629. The van der Waals surface area contributed by atoms with E-state index >= 15 is 0 Å². The number of anilines is 1. The lowest BCUT2D eigenvalue weighted by Gasteiger charge is -2.09. The summed E-state index contributed by atoms with van der Waals surface area (Å²) in [6.07, 6.45) is 0. The standard InChI is InChI=1S/C15H13Cl2NO2/c1-20-15(19)11-4-2-3-10(7-11)9-18-14-6-5-12(16)8-13(14)17/h2-8,18H,9H2,1H3. The zero-order valence-corrected chi connectivity index (χ0v) is 12.3. The van der Waals surface area contributed by atoms with Crippen LogP contribution in [0.15, 0.2) is 42.5 Å². The molecule has 0 heterocycles. The van der Waals surface area contributed by atoms with E-state index in [-0.39, 0.29) is 5.97 Å². The van der Waals surface area contributed by atoms with E-state index in [9.17, 15) is 4.79 Å². The van der Waals surface area contributed by atoms with Crippen molar-refractivity contribution in [3.05, 3.63) is 63.6 Å². The van der Waals surface area contributed by atoms with Gasteiger partial charge in [-0.25, -0.2) is 4.79 Å². The normalized spacial score (nSPS) is 10.2. The minimum absolute atomic E-state index is 0.351. The van der Waals surface area contributed by atoms with Crippen molar-refractivity contribution in [2.45, 2.75) is 6.54 Å². The monoisotopic (exact) mass is 309 g/mol. The number of benzene rings is 2. The molecule has 0 aliphatic heterocycles. The Morgan fingerprint density at radius 3 is 2.70 bits per heavy atom. The first-order valence-corrected chi connectivity index (χ1v) is 6.72. The molecule has 20 heavy (non-hydrogen) atoms. The Kier molecular flexibility index (Phi) is 4.88. The second-order valence-electron chi connectivity index (χ2n) is 4.17. The van der Waals surface area contributed by atoms with Crippen LogP contribution in [0.25, 0.3) is 0 Å². The van der Waals surface area contributed by atoms with E-state index in [1.807, 2.05) is 18.2 Å². The molecule has 2 aromatic rings. The number of hydrogen-bond donors (Lipinski definition) is 1. The van der Waals surface area contributed by atoms with E-state index in [2.05, 4.69) is 5.32 Å². The number of halogens is 2. The SMILES string of the molecule is COC(=O)c1cccc(CNc2ccc(Cl)cc2Cl)c1. The van der Waals surface area contributed by atoms with Crippen LogP contribution in [0.2, 0.25) is 10.0 Å². The van der Waals surface area contributed by atoms with Crippen LogP contribution >= 0.6 is 23.2 Å². The average Bonchev–Trinajstić information content (AvgIpc) is 2.46. The maximum Gasteiger partial charge on any atom is 0.337 e. The maximum atomic E-state index is 11.5. The van der Waals surface area contributed by atoms with E-state index in [1.165, 1.54) is 7.11 Å². The van der Waals surface area contributed by atoms with Gasteiger partial charge >= 0.3 is 5.97 Å². The average molecular weight is 310 g/mol. The van der Waals surface area contributed by atoms with Crippen LogP contribution in [-0.2, 0) is 11.3 Å². The van der Waals surface area contributed by atoms with Gasteiger partial charge in [-0.05, 0) is 35.9 Å². The summed E-state index contributed by atoms with van der Waals surface area (Å²) in [7, 11) is 1.36. The predicted octanol–water partition coefficient (Wildman–Crippen LogP) is 4.39. The fourth-order valence-electron chi connectivity index (χ4n) is 1.76. The van der Waals surface area contributed by atoms with Crippen LogP contribution in [0.1, 0.15) is 15.9 Å². The third-order valence-electron chi connectivity index (χ3n) is 2.76. The van der Waals surface area contributed by atoms with E-state index in [0.717, 1.165) is 11.3 Å². The van der Waals surface area contributed by atoms with Crippen LogP contribution in [0.5, 0.6) is 0 Å². The summed E-state index contributed by atoms with van der Waals surface area (Å²) < 4.78 is 4.69. The second kappa shape index (κ2) is 6.64. The number of nitrogens with one attached hydrogen (secondary N) is 1. The van der Waals surface area contributed by atoms with Gasteiger partial charge in [0, 0.05) is 11.6 Å². The molecule has 0 fully saturated rings. The highest BCUT2D eigenvalue weighted by atomic mass is 35.5. The Balaban J connectivity index is 2.09. The molecule has 0 unspecified atom stereocenters. The zero-order chi connectivity index (χ0) is 14.5. The highest BCUT2D eigenvalue weighted by Crippen LogP contribution is 2.25. The van der Waals surface area contributed by atoms with Crippen molar-refractivity contribution in [3.8, 4) is 0 Å². The molecule has 0 bridgehead atoms. The fourth-order valence-corrected chi connectivity index (χ4v) is 2.23. The van der Waals surface area contributed by atoms with Gasteiger partial charge in [0.15, 0.2) is 0 Å². The molecule has 0 radical (unpaired) electrons. The number of hydrogen-bond acceptors (Lipinski definition) is 3. The van der Waals surface area contributed by atoms with Crippen molar-refractivity contribution in [2.75, 3.05) is 12.4 Å². The Hall–Kier alpha value is -1.71. The number of esters is 1. The van der Waals surface area contributed by atoms with Gasteiger partial charge in [-0.3, -0.25) is 0 Å². The molecule has 5 heteroatoms. The number of ether oxygens (including phenoxy) is 1. The summed E-state index contributed by atoms with van der Waals surface area (Å²) in [6.45, 7) is 0.548. The number of rotatable bonds is 4. The second-order valence-corrected chi connectivity index (χ2v) is 5.01. The van der Waals surface area contributed by atoms with E-state index < -0.39 is 0 Å². The summed E-state index contributed by atoms with van der Waals surface area (Å²) in [5.41, 5.74) is 2.27. The summed E-state index contributed by atoms with van der Waals surface area (Å²) in [6, 6.07) is 12.5. The van der Waals surface area contributed by atoms with Crippen molar-refractivity contribution < 1.29 is 9.53 Å². The lowest BCUT2D eigenvalue weighted by molar-refractivity contribution is 0.0600. The number of carbonyl (C=O) groups is 1. The molecule has 0 aromatic heterocycles. The van der Waals surface area contributed by atoms with Crippen molar-refractivity contribution in [3.63, 3.8) is 0 Å². The largest absolute Gasteiger partial charge is 0.465 e. The van der Waals surface area contributed by atoms with E-state index in [0.29, 0.717) is 22.2 Å². The van der Waals surface area contributed by atoms with E-state index in [1.54, 1.807) is 24.3 Å². The Labute approximate surface area is 127 Å². The van der Waals surface area contributed by atoms with E-state index in [4.69, 9.17) is 27.9 Å². The number of carbonyl (C=O) groups excluding carboxylic acids is 1. The van der Waals surface area contributed by atoms with Crippen LogP contribution in [0.3, 0.4) is 0 Å². The minimum Gasteiger partial charge on any atom is -0.465 e. The van der Waals surface area contributed by atoms with Gasteiger partial charge in [0.1, 0.15) is 0 Å². The molecule has 3 nitrogen and oxygen atoms in total. The maximum absolute atomic E-state index is 11.5. The third kappa shape index (κ3) is 3.65. The van der Waals surface area contributed by atoms with Crippen molar-refractivity contribution >= 4 is 34.9 Å². The summed E-state index contributed by atoms with van der Waals surface area (Å²) in [5, 5.41) is 4.35.